The lowest BCUT2D eigenvalue weighted by Crippen LogP contribution is -2.39. The topological polar surface area (TPSA) is 46.4 Å². The van der Waals surface area contributed by atoms with E-state index in [9.17, 15) is 23.3 Å². The number of benzene rings is 1. The molecule has 1 saturated heterocycles. The number of nitrogens with zero attached hydrogens (tertiary/aromatic N) is 2. The Morgan fingerprint density at radius 2 is 1.81 bits per heavy atom. The quantitative estimate of drug-likeness (QED) is 0.610. The first-order valence-corrected chi connectivity index (χ1v) is 6.79. The number of anilines is 1. The zero-order valence-corrected chi connectivity index (χ0v) is 11.9. The molecule has 4 nitrogen and oxygen atoms in total. The van der Waals surface area contributed by atoms with E-state index in [1.165, 1.54) is 6.07 Å². The average molecular weight is 302 g/mol. The molecule has 0 saturated carbocycles. The second kappa shape index (κ2) is 5.54. The van der Waals surface area contributed by atoms with Gasteiger partial charge in [-0.3, -0.25) is 10.1 Å². The Balaban J connectivity index is 2.41. The predicted molar refractivity (Wildman–Crippen MR) is 73.3 cm³/mol. The number of nitro groups is 1. The lowest BCUT2D eigenvalue weighted by molar-refractivity contribution is -0.384. The molecule has 2 rings (SSSR count). The molecule has 21 heavy (non-hydrogen) atoms. The van der Waals surface area contributed by atoms with Crippen LogP contribution in [0.2, 0.25) is 0 Å². The minimum atomic E-state index is -4.58. The molecular weight excluding hydrogens is 285 g/mol. The molecule has 2 unspecified atom stereocenters. The van der Waals surface area contributed by atoms with Gasteiger partial charge in [0.1, 0.15) is 5.69 Å². The number of hydrogen-bond donors (Lipinski definition) is 0. The fourth-order valence-corrected chi connectivity index (χ4v) is 2.97. The van der Waals surface area contributed by atoms with Crippen molar-refractivity contribution in [1.82, 2.24) is 0 Å². The first-order chi connectivity index (χ1) is 9.68. The third-order valence-corrected chi connectivity index (χ3v) is 3.71. The summed E-state index contributed by atoms with van der Waals surface area (Å²) < 4.78 is 38.1. The summed E-state index contributed by atoms with van der Waals surface area (Å²) in [5.74, 6) is 0.714. The van der Waals surface area contributed by atoms with Gasteiger partial charge in [-0.1, -0.05) is 13.8 Å². The van der Waals surface area contributed by atoms with Crippen LogP contribution in [0.15, 0.2) is 18.2 Å². The van der Waals surface area contributed by atoms with Crippen molar-refractivity contribution in [2.24, 2.45) is 11.8 Å². The molecule has 0 aromatic heterocycles. The van der Waals surface area contributed by atoms with Gasteiger partial charge < -0.3 is 4.90 Å². The highest BCUT2D eigenvalue weighted by Crippen LogP contribution is 2.38. The summed E-state index contributed by atoms with van der Waals surface area (Å²) in [6.45, 7) is 5.32. The molecule has 116 valence electrons. The van der Waals surface area contributed by atoms with Crippen LogP contribution in [0.4, 0.5) is 24.5 Å². The van der Waals surface area contributed by atoms with Gasteiger partial charge in [0.25, 0.3) is 5.69 Å². The van der Waals surface area contributed by atoms with Crippen molar-refractivity contribution >= 4 is 11.4 Å². The van der Waals surface area contributed by atoms with E-state index in [2.05, 4.69) is 0 Å². The van der Waals surface area contributed by atoms with E-state index >= 15 is 0 Å². The molecular formula is C14H17F3N2O2. The summed E-state index contributed by atoms with van der Waals surface area (Å²) in [5.41, 5.74) is -1.20. The van der Waals surface area contributed by atoms with Crippen LogP contribution in [0.5, 0.6) is 0 Å². The van der Waals surface area contributed by atoms with Crippen LogP contribution in [0.25, 0.3) is 0 Å². The number of halogens is 3. The zero-order chi connectivity index (χ0) is 15.8. The second-order valence-electron chi connectivity index (χ2n) is 5.81. The number of piperidine rings is 1. The Bertz CT molecular complexity index is 536. The number of rotatable bonds is 2. The summed E-state index contributed by atoms with van der Waals surface area (Å²) in [6.07, 6.45) is -3.56. The maximum Gasteiger partial charge on any atom is 0.416 e. The molecule has 1 heterocycles. The molecule has 7 heteroatoms. The van der Waals surface area contributed by atoms with Gasteiger partial charge in [-0.15, -0.1) is 0 Å². The van der Waals surface area contributed by atoms with Crippen molar-refractivity contribution in [3.8, 4) is 0 Å². The van der Waals surface area contributed by atoms with E-state index in [4.69, 9.17) is 0 Å². The lowest BCUT2D eigenvalue weighted by Gasteiger charge is -2.36. The predicted octanol–water partition coefficient (Wildman–Crippen LogP) is 4.10. The van der Waals surface area contributed by atoms with Crippen molar-refractivity contribution in [3.63, 3.8) is 0 Å². The first-order valence-electron chi connectivity index (χ1n) is 6.79. The van der Waals surface area contributed by atoms with E-state index < -0.39 is 22.4 Å². The summed E-state index contributed by atoms with van der Waals surface area (Å²) in [7, 11) is 0. The van der Waals surface area contributed by atoms with Gasteiger partial charge in [0.15, 0.2) is 0 Å². The van der Waals surface area contributed by atoms with E-state index in [1.807, 2.05) is 18.7 Å². The van der Waals surface area contributed by atoms with Crippen molar-refractivity contribution < 1.29 is 18.1 Å². The van der Waals surface area contributed by atoms with Crippen molar-refractivity contribution in [2.75, 3.05) is 18.0 Å². The van der Waals surface area contributed by atoms with E-state index in [-0.39, 0.29) is 5.69 Å². The van der Waals surface area contributed by atoms with Crippen molar-refractivity contribution in [3.05, 3.63) is 33.9 Å². The number of hydrogen-bond acceptors (Lipinski definition) is 3. The molecule has 0 bridgehead atoms. The fraction of sp³-hybridized carbons (Fsp3) is 0.571. The summed E-state index contributed by atoms with van der Waals surface area (Å²) in [6, 6.07) is 2.75. The Labute approximate surface area is 120 Å². The van der Waals surface area contributed by atoms with E-state index in [0.29, 0.717) is 31.0 Å². The Morgan fingerprint density at radius 1 is 1.24 bits per heavy atom. The van der Waals surface area contributed by atoms with Crippen LogP contribution in [0.1, 0.15) is 25.8 Å². The average Bonchev–Trinajstić information content (AvgIpc) is 2.35. The smallest absolute Gasteiger partial charge is 0.365 e. The molecule has 1 aliphatic rings. The Kier molecular flexibility index (Phi) is 4.11. The van der Waals surface area contributed by atoms with Crippen molar-refractivity contribution in [2.45, 2.75) is 26.4 Å². The Hall–Kier alpha value is -1.79. The second-order valence-corrected chi connectivity index (χ2v) is 5.81. The molecule has 0 spiro atoms. The van der Waals surface area contributed by atoms with Crippen LogP contribution in [-0.4, -0.2) is 18.0 Å². The van der Waals surface area contributed by atoms with Gasteiger partial charge >= 0.3 is 6.18 Å². The fourth-order valence-electron chi connectivity index (χ4n) is 2.97. The highest BCUT2D eigenvalue weighted by atomic mass is 19.4. The maximum atomic E-state index is 12.7. The van der Waals surface area contributed by atoms with Gasteiger partial charge in [-0.25, -0.2) is 0 Å². The highest BCUT2D eigenvalue weighted by Gasteiger charge is 2.34. The van der Waals surface area contributed by atoms with Gasteiger partial charge in [0, 0.05) is 19.2 Å². The first kappa shape index (κ1) is 15.6. The van der Waals surface area contributed by atoms with Crippen molar-refractivity contribution in [1.29, 1.82) is 0 Å². The highest BCUT2D eigenvalue weighted by molar-refractivity contribution is 5.65. The van der Waals surface area contributed by atoms with E-state index in [0.717, 1.165) is 12.5 Å². The third kappa shape index (κ3) is 3.46. The third-order valence-electron chi connectivity index (χ3n) is 3.71. The number of alkyl halides is 3. The SMILES string of the molecule is CC1CC(C)CN(c2ccc(C(F)(F)F)cc2[N+](=O)[O-])C1. The van der Waals surface area contributed by atoms with Gasteiger partial charge in [-0.05, 0) is 30.4 Å². The van der Waals surface area contributed by atoms with Crippen LogP contribution in [0, 0.1) is 22.0 Å². The van der Waals surface area contributed by atoms with Crippen LogP contribution in [-0.2, 0) is 6.18 Å². The number of nitro benzene ring substituents is 1. The standard InChI is InChI=1S/C14H17F3N2O2/c1-9-5-10(2)8-18(7-9)12-4-3-11(14(15,16)17)6-13(12)19(20)21/h3-4,6,9-10H,5,7-8H2,1-2H3. The summed E-state index contributed by atoms with van der Waals surface area (Å²) in [5, 5.41) is 11.1. The molecule has 0 aliphatic carbocycles. The zero-order valence-electron chi connectivity index (χ0n) is 11.9. The Morgan fingerprint density at radius 3 is 2.29 bits per heavy atom. The van der Waals surface area contributed by atoms with Gasteiger partial charge in [0.05, 0.1) is 10.5 Å². The maximum absolute atomic E-state index is 12.7. The summed E-state index contributed by atoms with van der Waals surface area (Å²) in [4.78, 5) is 12.2. The minimum Gasteiger partial charge on any atom is -0.365 e. The molecule has 1 aromatic carbocycles. The summed E-state index contributed by atoms with van der Waals surface area (Å²) >= 11 is 0. The molecule has 0 radical (unpaired) electrons. The molecule has 0 N–H and O–H groups in total. The van der Waals surface area contributed by atoms with E-state index in [1.54, 1.807) is 0 Å². The lowest BCUT2D eigenvalue weighted by atomic mass is 9.91. The molecule has 2 atom stereocenters. The van der Waals surface area contributed by atoms with Crippen LogP contribution < -0.4 is 4.90 Å². The largest absolute Gasteiger partial charge is 0.416 e. The van der Waals surface area contributed by atoms with Gasteiger partial charge in [0.2, 0.25) is 0 Å². The van der Waals surface area contributed by atoms with Crippen LogP contribution in [0.3, 0.4) is 0 Å². The minimum absolute atomic E-state index is 0.270. The van der Waals surface area contributed by atoms with Crippen LogP contribution >= 0.6 is 0 Å². The van der Waals surface area contributed by atoms with Gasteiger partial charge in [-0.2, -0.15) is 13.2 Å². The normalized spacial score (nSPS) is 23.2. The molecule has 0 amide bonds. The molecule has 1 aliphatic heterocycles. The molecule has 1 aromatic rings. The monoisotopic (exact) mass is 302 g/mol. The molecule has 1 fully saturated rings.